The molecule has 21 heavy (non-hydrogen) atoms. The Hall–Kier alpha value is -1.37. The topological polar surface area (TPSA) is 67.4 Å². The second-order valence-electron chi connectivity index (χ2n) is 6.86. The summed E-state index contributed by atoms with van der Waals surface area (Å²) in [5.74, 6) is 0. The molecule has 7 heteroatoms. The first-order chi connectivity index (χ1) is 9.49. The maximum Gasteiger partial charge on any atom is 0.410 e. The average molecular weight is 314 g/mol. The maximum atomic E-state index is 12.3. The quantitative estimate of drug-likeness (QED) is 0.923. The van der Waals surface area contributed by atoms with Crippen LogP contribution in [0.1, 0.15) is 46.6 Å². The Kier molecular flexibility index (Phi) is 5.55. The van der Waals surface area contributed by atoms with E-state index in [1.54, 1.807) is 4.90 Å². The van der Waals surface area contributed by atoms with Crippen LogP contribution in [0, 0.1) is 6.92 Å². The molecular formula is C14H26N4O2S. The first-order valence-corrected chi connectivity index (χ1v) is 7.85. The van der Waals surface area contributed by atoms with Gasteiger partial charge in [0.2, 0.25) is 5.13 Å². The molecule has 1 heterocycles. The van der Waals surface area contributed by atoms with Gasteiger partial charge in [0.1, 0.15) is 10.6 Å². The van der Waals surface area contributed by atoms with Crippen LogP contribution in [-0.2, 0) is 4.74 Å². The van der Waals surface area contributed by atoms with Gasteiger partial charge in [-0.2, -0.15) is 0 Å². The Labute approximate surface area is 130 Å². The van der Waals surface area contributed by atoms with Crippen LogP contribution in [-0.4, -0.2) is 45.4 Å². The summed E-state index contributed by atoms with van der Waals surface area (Å²) in [6.07, 6.45) is -0.301. The second kappa shape index (κ2) is 6.60. The predicted molar refractivity (Wildman–Crippen MR) is 85.8 cm³/mol. The zero-order valence-electron chi connectivity index (χ0n) is 14.0. The van der Waals surface area contributed by atoms with E-state index in [9.17, 15) is 4.79 Å². The molecule has 120 valence electrons. The van der Waals surface area contributed by atoms with Crippen LogP contribution >= 0.6 is 11.3 Å². The van der Waals surface area contributed by atoms with Crippen molar-refractivity contribution in [3.05, 3.63) is 5.01 Å². The fourth-order valence-electron chi connectivity index (χ4n) is 1.66. The van der Waals surface area contributed by atoms with Gasteiger partial charge in [0.25, 0.3) is 0 Å². The van der Waals surface area contributed by atoms with Gasteiger partial charge in [0.05, 0.1) is 0 Å². The molecule has 0 saturated carbocycles. The second-order valence-corrected chi connectivity index (χ2v) is 8.04. The van der Waals surface area contributed by atoms with Crippen LogP contribution in [0.2, 0.25) is 0 Å². The van der Waals surface area contributed by atoms with Crippen molar-refractivity contribution in [3.8, 4) is 0 Å². The number of aryl methyl sites for hydroxylation is 1. The number of carbonyl (C=O) groups excluding carboxylic acids is 1. The molecule has 1 aromatic heterocycles. The Morgan fingerprint density at radius 1 is 1.24 bits per heavy atom. The number of aromatic nitrogens is 2. The molecule has 0 unspecified atom stereocenters. The number of anilines is 1. The van der Waals surface area contributed by atoms with Crippen molar-refractivity contribution in [1.29, 1.82) is 0 Å². The molecule has 0 saturated heterocycles. The monoisotopic (exact) mass is 314 g/mol. The molecule has 0 aliphatic rings. The largest absolute Gasteiger partial charge is 0.444 e. The molecule has 1 N–H and O–H groups in total. The van der Waals surface area contributed by atoms with Crippen molar-refractivity contribution in [3.63, 3.8) is 0 Å². The lowest BCUT2D eigenvalue weighted by Gasteiger charge is -2.36. The lowest BCUT2D eigenvalue weighted by molar-refractivity contribution is 0.00749. The van der Waals surface area contributed by atoms with Gasteiger partial charge in [-0.25, -0.2) is 4.79 Å². The van der Waals surface area contributed by atoms with Crippen LogP contribution in [0.15, 0.2) is 0 Å². The van der Waals surface area contributed by atoms with Gasteiger partial charge in [0, 0.05) is 18.6 Å². The fraction of sp³-hybridized carbons (Fsp3) is 0.786. The molecule has 0 spiro atoms. The third kappa shape index (κ3) is 6.29. The number of ether oxygens (including phenoxy) is 1. The molecule has 1 aromatic rings. The van der Waals surface area contributed by atoms with Gasteiger partial charge < -0.3 is 15.0 Å². The summed E-state index contributed by atoms with van der Waals surface area (Å²) in [4.78, 5) is 14.0. The van der Waals surface area contributed by atoms with Crippen LogP contribution in [0.3, 0.4) is 0 Å². The number of hydrogen-bond donors (Lipinski definition) is 1. The number of amides is 1. The normalized spacial score (nSPS) is 12.1. The minimum absolute atomic E-state index is 0.301. The number of nitrogens with zero attached hydrogens (tertiary/aromatic N) is 3. The Bertz CT molecular complexity index is 474. The van der Waals surface area contributed by atoms with Crippen LogP contribution in [0.4, 0.5) is 9.93 Å². The fourth-order valence-corrected chi connectivity index (χ4v) is 2.28. The zero-order valence-corrected chi connectivity index (χ0v) is 14.8. The van der Waals surface area contributed by atoms with E-state index in [2.05, 4.69) is 15.5 Å². The maximum absolute atomic E-state index is 12.3. The SMILES string of the molecule is Cc1nnc(NCCN(C(=O)OC(C)(C)C)C(C)(C)C)s1. The highest BCUT2D eigenvalue weighted by atomic mass is 32.1. The third-order valence-corrected chi connectivity index (χ3v) is 3.36. The molecule has 0 aromatic carbocycles. The van der Waals surface area contributed by atoms with E-state index in [4.69, 9.17) is 4.74 Å². The summed E-state index contributed by atoms with van der Waals surface area (Å²) < 4.78 is 5.47. The molecule has 0 bridgehead atoms. The van der Waals surface area contributed by atoms with E-state index in [0.29, 0.717) is 13.1 Å². The number of nitrogens with one attached hydrogen (secondary N) is 1. The smallest absolute Gasteiger partial charge is 0.410 e. The highest BCUT2D eigenvalue weighted by Gasteiger charge is 2.30. The third-order valence-electron chi connectivity index (χ3n) is 2.56. The molecule has 0 aliphatic heterocycles. The first kappa shape index (κ1) is 17.7. The molecule has 1 amide bonds. The van der Waals surface area contributed by atoms with Gasteiger partial charge >= 0.3 is 6.09 Å². The molecule has 0 aliphatic carbocycles. The Morgan fingerprint density at radius 2 is 1.86 bits per heavy atom. The van der Waals surface area contributed by atoms with Crippen LogP contribution < -0.4 is 5.32 Å². The Morgan fingerprint density at radius 3 is 2.29 bits per heavy atom. The van der Waals surface area contributed by atoms with E-state index in [0.717, 1.165) is 10.1 Å². The van der Waals surface area contributed by atoms with Crippen molar-refractivity contribution in [2.24, 2.45) is 0 Å². The van der Waals surface area contributed by atoms with Crippen molar-refractivity contribution >= 4 is 22.6 Å². The van der Waals surface area contributed by atoms with Crippen molar-refractivity contribution in [2.75, 3.05) is 18.4 Å². The molecule has 0 radical (unpaired) electrons. The summed E-state index contributed by atoms with van der Waals surface area (Å²) in [5, 5.41) is 12.8. The molecule has 6 nitrogen and oxygen atoms in total. The summed E-state index contributed by atoms with van der Waals surface area (Å²) in [6.45, 7) is 14.6. The van der Waals surface area contributed by atoms with Gasteiger partial charge in [-0.05, 0) is 48.5 Å². The van der Waals surface area contributed by atoms with Gasteiger partial charge in [-0.1, -0.05) is 11.3 Å². The first-order valence-electron chi connectivity index (χ1n) is 7.03. The standard InChI is InChI=1S/C14H26N4O2S/c1-10-16-17-11(21-10)15-8-9-18(13(2,3)4)12(19)20-14(5,6)7/h8-9H2,1-7H3,(H,15,17). The van der Waals surface area contributed by atoms with Gasteiger partial charge in [0.15, 0.2) is 0 Å². The lowest BCUT2D eigenvalue weighted by atomic mass is 10.1. The molecular weight excluding hydrogens is 288 g/mol. The summed E-state index contributed by atoms with van der Waals surface area (Å²) >= 11 is 1.50. The number of carbonyl (C=O) groups is 1. The van der Waals surface area contributed by atoms with Crippen LogP contribution in [0.25, 0.3) is 0 Å². The van der Waals surface area contributed by atoms with E-state index < -0.39 is 5.60 Å². The van der Waals surface area contributed by atoms with E-state index in [1.807, 2.05) is 48.5 Å². The van der Waals surface area contributed by atoms with Crippen molar-refractivity contribution in [2.45, 2.75) is 59.6 Å². The minimum Gasteiger partial charge on any atom is -0.444 e. The van der Waals surface area contributed by atoms with Crippen molar-refractivity contribution < 1.29 is 9.53 Å². The minimum atomic E-state index is -0.496. The summed E-state index contributed by atoms with van der Waals surface area (Å²) in [5.41, 5.74) is -0.800. The highest BCUT2D eigenvalue weighted by molar-refractivity contribution is 7.15. The summed E-state index contributed by atoms with van der Waals surface area (Å²) in [7, 11) is 0. The van der Waals surface area contributed by atoms with E-state index in [1.165, 1.54) is 11.3 Å². The van der Waals surface area contributed by atoms with Crippen LogP contribution in [0.5, 0.6) is 0 Å². The number of hydrogen-bond acceptors (Lipinski definition) is 6. The van der Waals surface area contributed by atoms with E-state index >= 15 is 0 Å². The number of rotatable bonds is 4. The van der Waals surface area contributed by atoms with Gasteiger partial charge in [-0.3, -0.25) is 0 Å². The average Bonchev–Trinajstić information content (AvgIpc) is 2.66. The lowest BCUT2D eigenvalue weighted by Crippen LogP contribution is -2.49. The molecule has 1 rings (SSSR count). The predicted octanol–water partition coefficient (Wildman–Crippen LogP) is 3.29. The van der Waals surface area contributed by atoms with E-state index in [-0.39, 0.29) is 11.6 Å². The zero-order chi connectivity index (χ0) is 16.3. The van der Waals surface area contributed by atoms with Crippen molar-refractivity contribution in [1.82, 2.24) is 15.1 Å². The Balaban J connectivity index is 2.60. The molecule has 0 fully saturated rings. The highest BCUT2D eigenvalue weighted by Crippen LogP contribution is 2.19. The summed E-state index contributed by atoms with van der Waals surface area (Å²) in [6, 6.07) is 0. The molecule has 0 atom stereocenters. The van der Waals surface area contributed by atoms with Gasteiger partial charge in [-0.15, -0.1) is 10.2 Å².